The molecule has 0 atom stereocenters. The molecule has 1 fully saturated rings. The average Bonchev–Trinajstić information content (AvgIpc) is 3.02. The topological polar surface area (TPSA) is 58.0 Å². The number of amides is 2. The smallest absolute Gasteiger partial charge is 0.317 e. The van der Waals surface area contributed by atoms with Gasteiger partial charge in [-0.25, -0.2) is 4.79 Å². The van der Waals surface area contributed by atoms with Gasteiger partial charge < -0.3 is 19.4 Å². The van der Waals surface area contributed by atoms with Crippen LogP contribution in [-0.2, 0) is 13.0 Å². The largest absolute Gasteiger partial charge is 0.490 e. The van der Waals surface area contributed by atoms with Gasteiger partial charge in [-0.1, -0.05) is 12.1 Å². The molecule has 4 rings (SSSR count). The van der Waals surface area contributed by atoms with Crippen LogP contribution in [0, 0.1) is 5.92 Å². The number of rotatable bonds is 6. The number of nitrogens with one attached hydrogen (secondary N) is 1. The number of hydrogen-bond acceptors (Lipinski definition) is 4. The van der Waals surface area contributed by atoms with Gasteiger partial charge in [0.1, 0.15) is 5.76 Å². The minimum Gasteiger partial charge on any atom is -0.490 e. The van der Waals surface area contributed by atoms with Crippen molar-refractivity contribution in [3.8, 4) is 5.75 Å². The third-order valence-electron chi connectivity index (χ3n) is 6.03. The molecule has 2 amide bonds. The Balaban J connectivity index is 1.30. The summed E-state index contributed by atoms with van der Waals surface area (Å²) in [5, 5.41) is 4.28. The maximum Gasteiger partial charge on any atom is 0.317 e. The van der Waals surface area contributed by atoms with E-state index < -0.39 is 0 Å². The summed E-state index contributed by atoms with van der Waals surface area (Å²) in [6.45, 7) is 5.69. The predicted octanol–water partition coefficient (Wildman–Crippen LogP) is 3.63. The summed E-state index contributed by atoms with van der Waals surface area (Å²) in [4.78, 5) is 15.8. The summed E-state index contributed by atoms with van der Waals surface area (Å²) in [5.74, 6) is 2.66. The minimum atomic E-state index is 0.0170. The monoisotopic (exact) mass is 385 g/mol. The SMILES string of the molecule is CCOc1cccc2c3c(oc12)CN(CCC1CC(NC(=O)N(C)C)C1)CC3. The van der Waals surface area contributed by atoms with Crippen molar-refractivity contribution in [2.45, 2.75) is 45.2 Å². The van der Waals surface area contributed by atoms with Crippen molar-refractivity contribution in [2.24, 2.45) is 5.92 Å². The van der Waals surface area contributed by atoms with Crippen LogP contribution in [0.1, 0.15) is 37.5 Å². The van der Waals surface area contributed by atoms with Crippen LogP contribution in [0.5, 0.6) is 5.75 Å². The molecule has 0 radical (unpaired) electrons. The van der Waals surface area contributed by atoms with Crippen LogP contribution in [0.4, 0.5) is 4.79 Å². The quantitative estimate of drug-likeness (QED) is 0.825. The number of carbonyl (C=O) groups excluding carboxylic acids is 1. The summed E-state index contributed by atoms with van der Waals surface area (Å²) in [6.07, 6.45) is 4.42. The molecule has 2 aromatic rings. The molecule has 1 aliphatic heterocycles. The van der Waals surface area contributed by atoms with Crippen molar-refractivity contribution in [2.75, 3.05) is 33.8 Å². The number of para-hydroxylation sites is 1. The summed E-state index contributed by atoms with van der Waals surface area (Å²) in [6, 6.07) is 6.55. The highest BCUT2D eigenvalue weighted by Gasteiger charge is 2.31. The molecule has 0 unspecified atom stereocenters. The molecule has 0 saturated heterocycles. The Bertz CT molecular complexity index is 839. The van der Waals surface area contributed by atoms with E-state index in [2.05, 4.69) is 22.3 Å². The van der Waals surface area contributed by atoms with Crippen LogP contribution in [0.15, 0.2) is 22.6 Å². The van der Waals surface area contributed by atoms with E-state index in [0.29, 0.717) is 18.6 Å². The molecular formula is C22H31N3O3. The Morgan fingerprint density at radius 3 is 2.93 bits per heavy atom. The van der Waals surface area contributed by atoms with Gasteiger partial charge >= 0.3 is 6.03 Å². The van der Waals surface area contributed by atoms with Gasteiger partial charge in [-0.2, -0.15) is 0 Å². The summed E-state index contributed by atoms with van der Waals surface area (Å²) >= 11 is 0. The molecule has 152 valence electrons. The van der Waals surface area contributed by atoms with E-state index in [1.165, 1.54) is 17.4 Å². The van der Waals surface area contributed by atoms with Crippen molar-refractivity contribution < 1.29 is 13.9 Å². The van der Waals surface area contributed by atoms with Gasteiger partial charge in [0, 0.05) is 37.6 Å². The van der Waals surface area contributed by atoms with Gasteiger partial charge in [-0.05, 0) is 51.1 Å². The fraction of sp³-hybridized carbons (Fsp3) is 0.591. The first kappa shape index (κ1) is 19.1. The Hall–Kier alpha value is -2.21. The van der Waals surface area contributed by atoms with Crippen LogP contribution < -0.4 is 10.1 Å². The van der Waals surface area contributed by atoms with E-state index in [1.807, 2.05) is 13.0 Å². The molecule has 1 saturated carbocycles. The Morgan fingerprint density at radius 1 is 1.36 bits per heavy atom. The second-order valence-electron chi connectivity index (χ2n) is 8.26. The molecule has 28 heavy (non-hydrogen) atoms. The lowest BCUT2D eigenvalue weighted by Gasteiger charge is -2.38. The average molecular weight is 386 g/mol. The minimum absolute atomic E-state index is 0.0170. The van der Waals surface area contributed by atoms with Gasteiger partial charge in [0.2, 0.25) is 0 Å². The number of carbonyl (C=O) groups is 1. The van der Waals surface area contributed by atoms with Crippen molar-refractivity contribution in [1.29, 1.82) is 0 Å². The second-order valence-corrected chi connectivity index (χ2v) is 8.26. The number of urea groups is 1. The zero-order valence-corrected chi connectivity index (χ0v) is 17.2. The molecule has 6 nitrogen and oxygen atoms in total. The summed E-state index contributed by atoms with van der Waals surface area (Å²) < 4.78 is 12.0. The van der Waals surface area contributed by atoms with E-state index >= 15 is 0 Å². The molecule has 2 heterocycles. The Labute approximate surface area is 166 Å². The lowest BCUT2D eigenvalue weighted by Crippen LogP contribution is -2.48. The van der Waals surface area contributed by atoms with E-state index in [4.69, 9.17) is 9.15 Å². The van der Waals surface area contributed by atoms with Gasteiger partial charge in [-0.15, -0.1) is 0 Å². The number of nitrogens with zero attached hydrogens (tertiary/aromatic N) is 2. The number of furan rings is 1. The number of benzene rings is 1. The van der Waals surface area contributed by atoms with E-state index in [0.717, 1.165) is 56.0 Å². The zero-order chi connectivity index (χ0) is 19.7. The lowest BCUT2D eigenvalue weighted by atomic mass is 9.78. The first-order valence-corrected chi connectivity index (χ1v) is 10.4. The molecule has 1 N–H and O–H groups in total. The van der Waals surface area contributed by atoms with Crippen molar-refractivity contribution >= 4 is 17.0 Å². The second kappa shape index (κ2) is 8.03. The summed E-state index contributed by atoms with van der Waals surface area (Å²) in [7, 11) is 3.57. The molecule has 0 spiro atoms. The molecule has 0 bridgehead atoms. The van der Waals surface area contributed by atoms with Crippen molar-refractivity contribution in [3.63, 3.8) is 0 Å². The van der Waals surface area contributed by atoms with Crippen LogP contribution in [0.25, 0.3) is 11.0 Å². The first-order chi connectivity index (χ1) is 13.5. The highest BCUT2D eigenvalue weighted by Crippen LogP contribution is 2.36. The highest BCUT2D eigenvalue weighted by atomic mass is 16.5. The predicted molar refractivity (Wildman–Crippen MR) is 110 cm³/mol. The van der Waals surface area contributed by atoms with Gasteiger partial charge in [-0.3, -0.25) is 4.90 Å². The Morgan fingerprint density at radius 2 is 2.18 bits per heavy atom. The maximum absolute atomic E-state index is 11.7. The third kappa shape index (κ3) is 3.83. The third-order valence-corrected chi connectivity index (χ3v) is 6.03. The Kier molecular flexibility index (Phi) is 5.49. The van der Waals surface area contributed by atoms with E-state index in [9.17, 15) is 4.79 Å². The van der Waals surface area contributed by atoms with Gasteiger partial charge in [0.05, 0.1) is 13.2 Å². The zero-order valence-electron chi connectivity index (χ0n) is 17.2. The normalized spacial score (nSPS) is 21.8. The molecule has 2 aliphatic rings. The molecular weight excluding hydrogens is 354 g/mol. The number of fused-ring (bicyclic) bond motifs is 3. The molecule has 1 aromatic carbocycles. The highest BCUT2D eigenvalue weighted by molar-refractivity contribution is 5.87. The van der Waals surface area contributed by atoms with E-state index in [1.54, 1.807) is 19.0 Å². The van der Waals surface area contributed by atoms with Gasteiger partial charge in [0.25, 0.3) is 0 Å². The number of hydrogen-bond donors (Lipinski definition) is 1. The molecule has 1 aliphatic carbocycles. The number of ether oxygens (including phenoxy) is 1. The van der Waals surface area contributed by atoms with Crippen LogP contribution in [-0.4, -0.2) is 55.7 Å². The van der Waals surface area contributed by atoms with Crippen LogP contribution in [0.2, 0.25) is 0 Å². The fourth-order valence-electron chi connectivity index (χ4n) is 4.37. The van der Waals surface area contributed by atoms with Crippen LogP contribution >= 0.6 is 0 Å². The summed E-state index contributed by atoms with van der Waals surface area (Å²) in [5.41, 5.74) is 2.25. The van der Waals surface area contributed by atoms with Gasteiger partial charge in [0.15, 0.2) is 11.3 Å². The lowest BCUT2D eigenvalue weighted by molar-refractivity contribution is 0.156. The molecule has 6 heteroatoms. The maximum atomic E-state index is 11.7. The van der Waals surface area contributed by atoms with Crippen molar-refractivity contribution in [1.82, 2.24) is 15.1 Å². The fourth-order valence-corrected chi connectivity index (χ4v) is 4.37. The molecule has 1 aromatic heterocycles. The first-order valence-electron chi connectivity index (χ1n) is 10.4. The van der Waals surface area contributed by atoms with E-state index in [-0.39, 0.29) is 6.03 Å². The van der Waals surface area contributed by atoms with Crippen molar-refractivity contribution in [3.05, 3.63) is 29.5 Å². The van der Waals surface area contributed by atoms with Crippen LogP contribution in [0.3, 0.4) is 0 Å². The standard InChI is InChI=1S/C22H31N3O3/c1-4-27-19-7-5-6-18-17-9-11-25(14-20(17)28-21(18)19)10-8-15-12-16(13-15)23-22(26)24(2)3/h5-7,15-16H,4,8-14H2,1-3H3,(H,23,26).